The Bertz CT molecular complexity index is 697. The number of ether oxygens (including phenoxy) is 1. The number of isocyanates is 1. The highest BCUT2D eigenvalue weighted by atomic mass is 16.5. The first-order chi connectivity index (χ1) is 10.8. The quantitative estimate of drug-likeness (QED) is 0.616. The van der Waals surface area contributed by atoms with Gasteiger partial charge in [0.2, 0.25) is 6.08 Å². The Balaban J connectivity index is 2.13. The molecule has 3 heteroatoms. The topological polar surface area (TPSA) is 38.7 Å². The van der Waals surface area contributed by atoms with E-state index < -0.39 is 5.54 Å². The van der Waals surface area contributed by atoms with Crippen LogP contribution in [0.5, 0.6) is 5.75 Å². The summed E-state index contributed by atoms with van der Waals surface area (Å²) >= 11 is 0. The third-order valence-electron chi connectivity index (χ3n) is 4.51. The lowest BCUT2D eigenvalue weighted by Gasteiger charge is -2.24. The highest BCUT2D eigenvalue weighted by Gasteiger charge is 2.36. The van der Waals surface area contributed by atoms with E-state index in [9.17, 15) is 4.79 Å². The highest BCUT2D eigenvalue weighted by Crippen LogP contribution is 2.44. The number of rotatable bonds is 4. The van der Waals surface area contributed by atoms with Crippen LogP contribution >= 0.6 is 0 Å². The summed E-state index contributed by atoms with van der Waals surface area (Å²) in [7, 11) is 1.68. The van der Waals surface area contributed by atoms with Crippen molar-refractivity contribution in [3.8, 4) is 16.9 Å². The van der Waals surface area contributed by atoms with Crippen molar-refractivity contribution in [2.45, 2.75) is 31.2 Å². The Hall–Kier alpha value is -2.38. The van der Waals surface area contributed by atoms with Gasteiger partial charge in [-0.15, -0.1) is 0 Å². The Labute approximate surface area is 130 Å². The molecule has 0 unspecified atom stereocenters. The minimum absolute atomic E-state index is 0.405. The summed E-state index contributed by atoms with van der Waals surface area (Å²) in [4.78, 5) is 15.1. The van der Waals surface area contributed by atoms with E-state index >= 15 is 0 Å². The zero-order valence-corrected chi connectivity index (χ0v) is 12.7. The molecule has 0 spiro atoms. The van der Waals surface area contributed by atoms with Crippen LogP contribution in [0.15, 0.2) is 53.5 Å². The van der Waals surface area contributed by atoms with Gasteiger partial charge in [-0.3, -0.25) is 0 Å². The molecular formula is C19H19NO2. The lowest BCUT2D eigenvalue weighted by molar-refractivity contribution is 0.414. The van der Waals surface area contributed by atoms with Crippen LogP contribution in [-0.4, -0.2) is 13.2 Å². The molecule has 0 amide bonds. The predicted molar refractivity (Wildman–Crippen MR) is 86.7 cm³/mol. The zero-order chi connectivity index (χ0) is 15.4. The van der Waals surface area contributed by atoms with Crippen LogP contribution in [0.25, 0.3) is 11.1 Å². The second-order valence-electron chi connectivity index (χ2n) is 5.72. The van der Waals surface area contributed by atoms with E-state index in [4.69, 9.17) is 4.74 Å². The second kappa shape index (κ2) is 6.17. The van der Waals surface area contributed by atoms with Crippen molar-refractivity contribution in [3.63, 3.8) is 0 Å². The lowest BCUT2D eigenvalue weighted by Crippen LogP contribution is -2.18. The summed E-state index contributed by atoms with van der Waals surface area (Å²) < 4.78 is 5.50. The maximum Gasteiger partial charge on any atom is 0.235 e. The smallest absolute Gasteiger partial charge is 0.235 e. The molecule has 1 aliphatic carbocycles. The molecule has 0 saturated heterocycles. The van der Waals surface area contributed by atoms with E-state index in [1.807, 2.05) is 30.3 Å². The van der Waals surface area contributed by atoms with Gasteiger partial charge in [0.15, 0.2) is 0 Å². The van der Waals surface area contributed by atoms with Gasteiger partial charge in [0.1, 0.15) is 5.75 Å². The number of methoxy groups -OCH3 is 1. The normalized spacial score (nSPS) is 16.0. The van der Waals surface area contributed by atoms with E-state index in [-0.39, 0.29) is 0 Å². The molecule has 0 atom stereocenters. The average Bonchev–Trinajstić information content (AvgIpc) is 3.05. The summed E-state index contributed by atoms with van der Waals surface area (Å²) in [6.45, 7) is 0. The van der Waals surface area contributed by atoms with Crippen LogP contribution in [0.4, 0.5) is 0 Å². The molecule has 3 rings (SSSR count). The minimum atomic E-state index is -0.405. The van der Waals surface area contributed by atoms with Crippen molar-refractivity contribution >= 4 is 6.08 Å². The molecule has 0 bridgehead atoms. The van der Waals surface area contributed by atoms with Crippen LogP contribution in [0.1, 0.15) is 31.2 Å². The van der Waals surface area contributed by atoms with Crippen molar-refractivity contribution in [1.82, 2.24) is 0 Å². The molecule has 2 aromatic carbocycles. The van der Waals surface area contributed by atoms with Gasteiger partial charge in [0.05, 0.1) is 12.6 Å². The summed E-state index contributed by atoms with van der Waals surface area (Å²) in [6, 6.07) is 16.2. The SMILES string of the molecule is COc1ccc(C2(N=C=O)CCCC2)cc1-c1ccccc1. The first kappa shape index (κ1) is 14.6. The lowest BCUT2D eigenvalue weighted by atomic mass is 9.86. The van der Waals surface area contributed by atoms with Crippen molar-refractivity contribution in [2.75, 3.05) is 7.11 Å². The molecule has 1 saturated carbocycles. The third kappa shape index (κ3) is 2.56. The molecule has 0 N–H and O–H groups in total. The van der Waals surface area contributed by atoms with Gasteiger partial charge in [-0.25, -0.2) is 4.79 Å². The Kier molecular flexibility index (Phi) is 4.08. The highest BCUT2D eigenvalue weighted by molar-refractivity contribution is 5.71. The van der Waals surface area contributed by atoms with Gasteiger partial charge in [-0.05, 0) is 36.1 Å². The standard InChI is InChI=1S/C19H19NO2/c1-22-18-10-9-16(19(20-14-21)11-5-6-12-19)13-17(18)15-7-3-2-4-8-15/h2-4,7-10,13H,5-6,11-12H2,1H3. The predicted octanol–water partition coefficient (Wildman–Crippen LogP) is 4.47. The first-order valence-corrected chi connectivity index (χ1v) is 7.62. The number of aliphatic imine (C=N–C) groups is 1. The van der Waals surface area contributed by atoms with Gasteiger partial charge < -0.3 is 4.74 Å². The van der Waals surface area contributed by atoms with Gasteiger partial charge in [0, 0.05) is 5.56 Å². The van der Waals surface area contributed by atoms with Crippen LogP contribution in [0.3, 0.4) is 0 Å². The molecule has 0 radical (unpaired) electrons. The Morgan fingerprint density at radius 1 is 1.09 bits per heavy atom. The number of hydrogen-bond acceptors (Lipinski definition) is 3. The van der Waals surface area contributed by atoms with E-state index in [0.717, 1.165) is 48.1 Å². The number of benzene rings is 2. The Morgan fingerprint density at radius 3 is 2.45 bits per heavy atom. The summed E-state index contributed by atoms with van der Waals surface area (Å²) in [5.41, 5.74) is 2.81. The third-order valence-corrected chi connectivity index (χ3v) is 4.51. The maximum absolute atomic E-state index is 10.9. The average molecular weight is 293 g/mol. The molecule has 0 heterocycles. The molecule has 1 fully saturated rings. The number of nitrogens with zero attached hydrogens (tertiary/aromatic N) is 1. The van der Waals surface area contributed by atoms with Crippen LogP contribution in [0.2, 0.25) is 0 Å². The number of hydrogen-bond donors (Lipinski definition) is 0. The molecular weight excluding hydrogens is 274 g/mol. The van der Waals surface area contributed by atoms with Crippen LogP contribution in [0, 0.1) is 0 Å². The molecule has 1 aliphatic rings. The van der Waals surface area contributed by atoms with E-state index in [1.165, 1.54) is 0 Å². The molecule has 3 nitrogen and oxygen atoms in total. The van der Waals surface area contributed by atoms with Gasteiger partial charge in [0.25, 0.3) is 0 Å². The van der Waals surface area contributed by atoms with Crippen molar-refractivity contribution in [1.29, 1.82) is 0 Å². The molecule has 22 heavy (non-hydrogen) atoms. The van der Waals surface area contributed by atoms with Crippen molar-refractivity contribution in [2.24, 2.45) is 4.99 Å². The van der Waals surface area contributed by atoms with Crippen molar-refractivity contribution in [3.05, 3.63) is 54.1 Å². The van der Waals surface area contributed by atoms with E-state index in [0.29, 0.717) is 0 Å². The maximum atomic E-state index is 10.9. The fourth-order valence-corrected chi connectivity index (χ4v) is 3.35. The molecule has 112 valence electrons. The molecule has 2 aromatic rings. The first-order valence-electron chi connectivity index (χ1n) is 7.62. The monoisotopic (exact) mass is 293 g/mol. The Morgan fingerprint density at radius 2 is 1.82 bits per heavy atom. The van der Waals surface area contributed by atoms with E-state index in [2.05, 4.69) is 23.2 Å². The fourth-order valence-electron chi connectivity index (χ4n) is 3.35. The van der Waals surface area contributed by atoms with Crippen LogP contribution < -0.4 is 4.74 Å². The van der Waals surface area contributed by atoms with E-state index in [1.54, 1.807) is 13.2 Å². The van der Waals surface area contributed by atoms with Crippen LogP contribution in [-0.2, 0) is 10.3 Å². The van der Waals surface area contributed by atoms with Gasteiger partial charge >= 0.3 is 0 Å². The largest absolute Gasteiger partial charge is 0.496 e. The second-order valence-corrected chi connectivity index (χ2v) is 5.72. The summed E-state index contributed by atoms with van der Waals surface area (Å²) in [6.07, 6.45) is 5.78. The van der Waals surface area contributed by atoms with Gasteiger partial charge in [-0.2, -0.15) is 4.99 Å². The zero-order valence-electron chi connectivity index (χ0n) is 12.7. The van der Waals surface area contributed by atoms with Crippen molar-refractivity contribution < 1.29 is 9.53 Å². The number of carbonyl (C=O) groups excluding carboxylic acids is 1. The summed E-state index contributed by atoms with van der Waals surface area (Å²) in [5, 5.41) is 0. The molecule has 0 aromatic heterocycles. The summed E-state index contributed by atoms with van der Waals surface area (Å²) in [5.74, 6) is 0.832. The molecule has 0 aliphatic heterocycles. The minimum Gasteiger partial charge on any atom is -0.496 e. The fraction of sp³-hybridized carbons (Fsp3) is 0.316. The van der Waals surface area contributed by atoms with Gasteiger partial charge in [-0.1, -0.05) is 49.2 Å².